The van der Waals surface area contributed by atoms with Gasteiger partial charge >= 0.3 is 6.09 Å². The summed E-state index contributed by atoms with van der Waals surface area (Å²) in [6, 6.07) is 23.4. The van der Waals surface area contributed by atoms with E-state index in [4.69, 9.17) is 22.1 Å². The van der Waals surface area contributed by atoms with E-state index in [0.717, 1.165) is 27.8 Å². The molecule has 0 atom stereocenters. The lowest BCUT2D eigenvalue weighted by Gasteiger charge is -2.15. The predicted octanol–water partition coefficient (Wildman–Crippen LogP) is 4.91. The number of ether oxygens (including phenoxy) is 1. The number of alkyl halides is 1. The van der Waals surface area contributed by atoms with Gasteiger partial charge in [0.25, 0.3) is 0 Å². The average Bonchev–Trinajstić information content (AvgIpc) is 3.07. The smallest absolute Gasteiger partial charge is 0.408 e. The highest BCUT2D eigenvalue weighted by molar-refractivity contribution is 6.28. The fourth-order valence-electron chi connectivity index (χ4n) is 3.44. The van der Waals surface area contributed by atoms with Crippen molar-refractivity contribution in [1.29, 1.82) is 0 Å². The number of alkyl carbamates (subject to hydrolysis) is 1. The van der Waals surface area contributed by atoms with Crippen molar-refractivity contribution in [2.75, 3.05) is 5.88 Å². The van der Waals surface area contributed by atoms with E-state index in [-0.39, 0.29) is 5.88 Å². The number of nitrogens with two attached hydrogens (primary N) is 1. The molecule has 3 aromatic rings. The normalized spacial score (nSPS) is 12.9. The number of carbonyl (C=O) groups excluding carboxylic acids is 1. The van der Waals surface area contributed by atoms with Crippen molar-refractivity contribution < 1.29 is 9.53 Å². The Hall–Kier alpha value is -3.31. The van der Waals surface area contributed by atoms with Crippen molar-refractivity contribution in [2.45, 2.75) is 12.6 Å². The molecule has 0 aliphatic heterocycles. The van der Waals surface area contributed by atoms with Gasteiger partial charge in [0, 0.05) is 17.7 Å². The Bertz CT molecular complexity index is 1020. The number of carbonyl (C=O) groups is 1. The molecular weight excluding hydrogens is 386 g/mol. The molecule has 1 amide bonds. The molecule has 0 aromatic heterocycles. The van der Waals surface area contributed by atoms with Crippen LogP contribution in [0, 0.1) is 0 Å². The van der Waals surface area contributed by atoms with Crippen LogP contribution < -0.4 is 11.1 Å². The Morgan fingerprint density at radius 1 is 0.966 bits per heavy atom. The number of aliphatic imine (C=N–C) groups is 1. The van der Waals surface area contributed by atoms with Gasteiger partial charge in [0.2, 0.25) is 0 Å². The van der Waals surface area contributed by atoms with Crippen LogP contribution in [-0.2, 0) is 11.3 Å². The lowest BCUT2D eigenvalue weighted by atomic mass is 10.1. The van der Waals surface area contributed by atoms with Gasteiger partial charge in [-0.3, -0.25) is 0 Å². The third-order valence-corrected chi connectivity index (χ3v) is 5.06. The molecule has 0 saturated carbocycles. The standard InChI is InChI=1S/C23H20ClN3O2/c24-13-21(25)27-16-11-9-15(10-12-16)14-26-23(28)29-22-19-7-3-1-5-17(19)18-6-2-4-8-20(18)22/h1-12,22H,13-14H2,(H2,25,27)(H,26,28). The molecule has 5 nitrogen and oxygen atoms in total. The molecule has 1 aliphatic carbocycles. The van der Waals surface area contributed by atoms with Gasteiger partial charge in [-0.05, 0) is 28.8 Å². The minimum atomic E-state index is -0.463. The van der Waals surface area contributed by atoms with Crippen molar-refractivity contribution in [3.8, 4) is 11.1 Å². The van der Waals surface area contributed by atoms with E-state index in [2.05, 4.69) is 22.4 Å². The van der Waals surface area contributed by atoms with Crippen LogP contribution in [0.1, 0.15) is 22.8 Å². The summed E-state index contributed by atoms with van der Waals surface area (Å²) in [6.45, 7) is 0.351. The van der Waals surface area contributed by atoms with Crippen LogP contribution in [0.2, 0.25) is 0 Å². The molecule has 1 aliphatic rings. The molecule has 3 N–H and O–H groups in total. The number of nitrogens with one attached hydrogen (secondary N) is 1. The van der Waals surface area contributed by atoms with Gasteiger partial charge < -0.3 is 15.8 Å². The molecule has 0 radical (unpaired) electrons. The number of rotatable bonds is 5. The lowest BCUT2D eigenvalue weighted by Crippen LogP contribution is -2.25. The first kappa shape index (κ1) is 19.0. The number of hydrogen-bond acceptors (Lipinski definition) is 3. The Labute approximate surface area is 174 Å². The van der Waals surface area contributed by atoms with Crippen LogP contribution in [0.4, 0.5) is 10.5 Å². The maximum absolute atomic E-state index is 12.5. The highest BCUT2D eigenvalue weighted by Gasteiger charge is 2.30. The third-order valence-electron chi connectivity index (χ3n) is 4.78. The molecule has 29 heavy (non-hydrogen) atoms. The molecule has 0 spiro atoms. The third kappa shape index (κ3) is 4.10. The zero-order valence-corrected chi connectivity index (χ0v) is 16.4. The summed E-state index contributed by atoms with van der Waals surface area (Å²) in [7, 11) is 0. The molecule has 0 saturated heterocycles. The number of hydrogen-bond donors (Lipinski definition) is 2. The van der Waals surface area contributed by atoms with Crippen LogP contribution in [0.5, 0.6) is 0 Å². The Morgan fingerprint density at radius 2 is 1.55 bits per heavy atom. The first-order chi connectivity index (χ1) is 14.2. The lowest BCUT2D eigenvalue weighted by molar-refractivity contribution is 0.118. The van der Waals surface area contributed by atoms with Crippen LogP contribution in [0.25, 0.3) is 11.1 Å². The molecule has 0 fully saturated rings. The highest BCUT2D eigenvalue weighted by Crippen LogP contribution is 2.44. The second-order valence-electron chi connectivity index (χ2n) is 6.72. The van der Waals surface area contributed by atoms with Crippen LogP contribution in [0.15, 0.2) is 77.8 Å². The van der Waals surface area contributed by atoms with Crippen molar-refractivity contribution in [1.82, 2.24) is 5.32 Å². The summed E-state index contributed by atoms with van der Waals surface area (Å²) in [6.07, 6.45) is -0.868. The van der Waals surface area contributed by atoms with E-state index < -0.39 is 12.2 Å². The summed E-state index contributed by atoms with van der Waals surface area (Å²) in [5, 5.41) is 2.82. The number of benzene rings is 3. The zero-order valence-electron chi connectivity index (χ0n) is 15.6. The molecule has 0 unspecified atom stereocenters. The first-order valence-electron chi connectivity index (χ1n) is 9.26. The molecule has 146 valence electrons. The number of amides is 1. The molecule has 6 heteroatoms. The fraction of sp³-hybridized carbons (Fsp3) is 0.130. The molecule has 4 rings (SSSR count). The minimum absolute atomic E-state index is 0.183. The van der Waals surface area contributed by atoms with E-state index in [1.165, 1.54) is 0 Å². The monoisotopic (exact) mass is 405 g/mol. The summed E-state index contributed by atoms with van der Waals surface area (Å²) in [4.78, 5) is 16.6. The Morgan fingerprint density at radius 3 is 2.14 bits per heavy atom. The Balaban J connectivity index is 1.42. The van der Waals surface area contributed by atoms with Gasteiger partial charge in [0.15, 0.2) is 6.10 Å². The average molecular weight is 406 g/mol. The van der Waals surface area contributed by atoms with Gasteiger partial charge in [0.05, 0.1) is 11.6 Å². The number of fused-ring (bicyclic) bond motifs is 3. The van der Waals surface area contributed by atoms with Crippen molar-refractivity contribution in [2.24, 2.45) is 10.7 Å². The van der Waals surface area contributed by atoms with E-state index in [1.54, 1.807) is 0 Å². The van der Waals surface area contributed by atoms with E-state index in [0.29, 0.717) is 18.1 Å². The largest absolute Gasteiger partial charge is 0.436 e. The molecular formula is C23H20ClN3O2. The van der Waals surface area contributed by atoms with Gasteiger partial charge in [-0.25, -0.2) is 9.79 Å². The fourth-order valence-corrected chi connectivity index (χ4v) is 3.50. The highest BCUT2D eigenvalue weighted by atomic mass is 35.5. The quantitative estimate of drug-likeness (QED) is 0.359. The predicted molar refractivity (Wildman–Crippen MR) is 115 cm³/mol. The van der Waals surface area contributed by atoms with Crippen LogP contribution >= 0.6 is 11.6 Å². The summed E-state index contributed by atoms with van der Waals surface area (Å²) >= 11 is 5.63. The van der Waals surface area contributed by atoms with Gasteiger partial charge in [0.1, 0.15) is 5.84 Å². The zero-order chi connectivity index (χ0) is 20.2. The first-order valence-corrected chi connectivity index (χ1v) is 9.80. The van der Waals surface area contributed by atoms with Crippen molar-refractivity contribution in [3.05, 3.63) is 89.5 Å². The molecule has 3 aromatic carbocycles. The molecule has 0 bridgehead atoms. The van der Waals surface area contributed by atoms with Gasteiger partial charge in [-0.15, -0.1) is 11.6 Å². The maximum atomic E-state index is 12.5. The summed E-state index contributed by atoms with van der Waals surface area (Å²) in [5.41, 5.74) is 11.5. The van der Waals surface area contributed by atoms with Crippen molar-refractivity contribution >= 4 is 29.2 Å². The Kier molecular flexibility index (Phi) is 5.49. The second kappa shape index (κ2) is 8.37. The van der Waals surface area contributed by atoms with Crippen LogP contribution in [0.3, 0.4) is 0 Å². The summed E-state index contributed by atoms with van der Waals surface area (Å²) < 4.78 is 5.77. The topological polar surface area (TPSA) is 76.7 Å². The number of amidine groups is 1. The van der Waals surface area contributed by atoms with Gasteiger partial charge in [-0.1, -0.05) is 60.7 Å². The van der Waals surface area contributed by atoms with Crippen molar-refractivity contribution in [3.63, 3.8) is 0 Å². The molecule has 0 heterocycles. The van der Waals surface area contributed by atoms with Gasteiger partial charge in [-0.2, -0.15) is 0 Å². The second-order valence-corrected chi connectivity index (χ2v) is 6.98. The van der Waals surface area contributed by atoms with E-state index in [1.807, 2.05) is 60.7 Å². The number of nitrogens with zero attached hydrogens (tertiary/aromatic N) is 1. The van der Waals surface area contributed by atoms with E-state index in [9.17, 15) is 4.79 Å². The van der Waals surface area contributed by atoms with E-state index >= 15 is 0 Å². The maximum Gasteiger partial charge on any atom is 0.408 e. The van der Waals surface area contributed by atoms with Crippen LogP contribution in [-0.4, -0.2) is 17.8 Å². The SMILES string of the molecule is NC(CCl)=Nc1ccc(CNC(=O)OC2c3ccccc3-c3ccccc32)cc1. The number of halogens is 1. The summed E-state index contributed by atoms with van der Waals surface area (Å²) in [5.74, 6) is 0.543. The minimum Gasteiger partial charge on any atom is -0.436 e.